The van der Waals surface area contributed by atoms with E-state index in [1.165, 1.54) is 18.4 Å². The summed E-state index contributed by atoms with van der Waals surface area (Å²) in [6.45, 7) is 4.76. The number of fused-ring (bicyclic) bond motifs is 1. The summed E-state index contributed by atoms with van der Waals surface area (Å²) in [6.07, 6.45) is 7.84. The number of carbonyl (C=O) groups excluding carboxylic acids is 1. The molecular weight excluding hydrogens is 569 g/mol. The lowest BCUT2D eigenvalue weighted by molar-refractivity contribution is -0.123. The number of hydrogen-bond donors (Lipinski definition) is 0. The molecule has 42 heavy (non-hydrogen) atoms. The van der Waals surface area contributed by atoms with Crippen molar-refractivity contribution >= 4 is 48.1 Å². The monoisotopic (exact) mass is 602 g/mol. The van der Waals surface area contributed by atoms with Gasteiger partial charge in [0.25, 0.3) is 5.91 Å². The van der Waals surface area contributed by atoms with Crippen LogP contribution in [0, 0.1) is 0 Å². The number of benzene rings is 3. The summed E-state index contributed by atoms with van der Waals surface area (Å²) in [4.78, 5) is 20.3. The molecule has 1 amide bonds. The molecule has 4 aromatic rings. The number of pyridine rings is 1. The van der Waals surface area contributed by atoms with Crippen molar-refractivity contribution in [1.82, 2.24) is 9.88 Å². The summed E-state index contributed by atoms with van der Waals surface area (Å²) in [5.41, 5.74) is 4.92. The predicted molar refractivity (Wildman–Crippen MR) is 168 cm³/mol. The molecular formula is C33H34N2O5S2. The molecule has 1 aliphatic rings. The second-order valence-corrected chi connectivity index (χ2v) is 15.9. The summed E-state index contributed by atoms with van der Waals surface area (Å²) in [6, 6.07) is 21.6. The third kappa shape index (κ3) is 5.89. The van der Waals surface area contributed by atoms with Crippen molar-refractivity contribution in [1.29, 1.82) is 0 Å². The lowest BCUT2D eigenvalue weighted by Gasteiger charge is -2.24. The molecule has 0 atom stereocenters. The molecule has 0 N–H and O–H groups in total. The van der Waals surface area contributed by atoms with Gasteiger partial charge in [0.2, 0.25) is 0 Å². The number of rotatable bonds is 7. The van der Waals surface area contributed by atoms with E-state index in [2.05, 4.69) is 4.98 Å². The number of likely N-dealkylation sites (tertiary alicyclic amines) is 1. The first-order valence-corrected chi connectivity index (χ1v) is 17.5. The minimum atomic E-state index is -3.42. The zero-order valence-corrected chi connectivity index (χ0v) is 25.8. The van der Waals surface area contributed by atoms with E-state index in [1.54, 1.807) is 32.2 Å². The molecule has 2 heterocycles. The summed E-state index contributed by atoms with van der Waals surface area (Å²) in [7, 11) is -6.79. The summed E-state index contributed by atoms with van der Waals surface area (Å²) in [5.74, 6) is -0.103. The van der Waals surface area contributed by atoms with Gasteiger partial charge < -0.3 is 4.90 Å². The number of sulfone groups is 2. The number of hydrogen-bond acceptors (Lipinski definition) is 6. The molecule has 218 valence electrons. The van der Waals surface area contributed by atoms with Crippen molar-refractivity contribution in [3.8, 4) is 11.1 Å². The molecule has 0 spiro atoms. The molecule has 0 radical (unpaired) electrons. The number of amides is 1. The SMILES string of the molecule is CC(C)(c1cc(-c2cccc(C=C(C(=O)N3CCCC3)c3ccc(S(C)(=O)=O)cc3)c2)c2ncccc2c1)S(C)(=O)=O. The van der Waals surface area contributed by atoms with Crippen LogP contribution < -0.4 is 0 Å². The van der Waals surface area contributed by atoms with Gasteiger partial charge in [0.15, 0.2) is 19.7 Å². The first-order valence-electron chi connectivity index (χ1n) is 13.8. The largest absolute Gasteiger partial charge is 0.339 e. The second kappa shape index (κ2) is 11.1. The van der Waals surface area contributed by atoms with Gasteiger partial charge in [-0.15, -0.1) is 0 Å². The Balaban J connectivity index is 1.65. The van der Waals surface area contributed by atoms with Gasteiger partial charge in [-0.1, -0.05) is 36.4 Å². The average Bonchev–Trinajstić information content (AvgIpc) is 3.49. The van der Waals surface area contributed by atoms with Crippen LogP contribution in [0.2, 0.25) is 0 Å². The van der Waals surface area contributed by atoms with Crippen LogP contribution in [0.1, 0.15) is 43.4 Å². The Hall–Kier alpha value is -3.82. The van der Waals surface area contributed by atoms with E-state index < -0.39 is 24.4 Å². The minimum absolute atomic E-state index is 0.103. The topological polar surface area (TPSA) is 101 Å². The smallest absolute Gasteiger partial charge is 0.254 e. The van der Waals surface area contributed by atoms with Crippen molar-refractivity contribution in [2.24, 2.45) is 0 Å². The highest BCUT2D eigenvalue weighted by Gasteiger charge is 2.33. The summed E-state index contributed by atoms with van der Waals surface area (Å²) >= 11 is 0. The van der Waals surface area contributed by atoms with Crippen LogP contribution in [0.25, 0.3) is 33.7 Å². The van der Waals surface area contributed by atoms with Gasteiger partial charge in [-0.2, -0.15) is 0 Å². The number of nitrogens with zero attached hydrogens (tertiary/aromatic N) is 2. The lowest BCUT2D eigenvalue weighted by Crippen LogP contribution is -2.28. The van der Waals surface area contributed by atoms with E-state index >= 15 is 0 Å². The molecule has 0 bridgehead atoms. The van der Waals surface area contributed by atoms with Crippen molar-refractivity contribution < 1.29 is 21.6 Å². The summed E-state index contributed by atoms with van der Waals surface area (Å²) in [5, 5.41) is 0.832. The Bertz CT molecular complexity index is 1920. The molecule has 1 aliphatic heterocycles. The van der Waals surface area contributed by atoms with Crippen molar-refractivity contribution in [3.63, 3.8) is 0 Å². The van der Waals surface area contributed by atoms with Crippen molar-refractivity contribution in [3.05, 3.63) is 95.7 Å². The maximum atomic E-state index is 13.7. The van der Waals surface area contributed by atoms with Gasteiger partial charge in [-0.05, 0) is 91.4 Å². The van der Waals surface area contributed by atoms with Gasteiger partial charge in [-0.3, -0.25) is 9.78 Å². The second-order valence-electron chi connectivity index (χ2n) is 11.4. The first-order chi connectivity index (χ1) is 19.8. The fraction of sp³-hybridized carbons (Fsp3) is 0.273. The Kier molecular flexibility index (Phi) is 7.85. The Morgan fingerprint density at radius 1 is 0.881 bits per heavy atom. The van der Waals surface area contributed by atoms with Gasteiger partial charge in [0.1, 0.15) is 0 Å². The molecule has 9 heteroatoms. The fourth-order valence-corrected chi connectivity index (χ4v) is 6.35. The maximum Gasteiger partial charge on any atom is 0.254 e. The van der Waals surface area contributed by atoms with Crippen LogP contribution in [0.4, 0.5) is 0 Å². The van der Waals surface area contributed by atoms with Crippen molar-refractivity contribution in [2.75, 3.05) is 25.6 Å². The minimum Gasteiger partial charge on any atom is -0.339 e. The number of aromatic nitrogens is 1. The van der Waals surface area contributed by atoms with Crippen LogP contribution in [-0.4, -0.2) is 58.2 Å². The molecule has 0 saturated carbocycles. The molecule has 0 aliphatic carbocycles. The van der Waals surface area contributed by atoms with Gasteiger partial charge in [0, 0.05) is 48.3 Å². The van der Waals surface area contributed by atoms with E-state index in [9.17, 15) is 21.6 Å². The van der Waals surface area contributed by atoms with Gasteiger partial charge in [0.05, 0.1) is 15.2 Å². The maximum absolute atomic E-state index is 13.7. The van der Waals surface area contributed by atoms with Crippen molar-refractivity contribution in [2.45, 2.75) is 36.3 Å². The van der Waals surface area contributed by atoms with Gasteiger partial charge in [-0.25, -0.2) is 16.8 Å². The average molecular weight is 603 g/mol. The number of carbonyl (C=O) groups is 1. The highest BCUT2D eigenvalue weighted by atomic mass is 32.2. The van der Waals surface area contributed by atoms with Crippen LogP contribution in [0.5, 0.6) is 0 Å². The molecule has 1 fully saturated rings. The van der Waals surface area contributed by atoms with E-state index in [0.29, 0.717) is 29.8 Å². The molecule has 3 aromatic carbocycles. The summed E-state index contributed by atoms with van der Waals surface area (Å²) < 4.78 is 48.3. The van der Waals surface area contributed by atoms with Crippen LogP contribution in [0.3, 0.4) is 0 Å². The molecule has 7 nitrogen and oxygen atoms in total. The van der Waals surface area contributed by atoms with E-state index in [1.807, 2.05) is 59.5 Å². The third-order valence-electron chi connectivity index (χ3n) is 8.05. The Morgan fingerprint density at radius 3 is 2.21 bits per heavy atom. The predicted octanol–water partition coefficient (Wildman–Crippen LogP) is 5.75. The van der Waals surface area contributed by atoms with Crippen LogP contribution in [-0.2, 0) is 29.2 Å². The molecule has 1 saturated heterocycles. The van der Waals surface area contributed by atoms with Crippen LogP contribution in [0.15, 0.2) is 83.9 Å². The lowest BCUT2D eigenvalue weighted by atomic mass is 9.92. The van der Waals surface area contributed by atoms with E-state index in [4.69, 9.17) is 0 Å². The fourth-order valence-electron chi connectivity index (χ4n) is 5.18. The Labute approximate surface area is 247 Å². The van der Waals surface area contributed by atoms with E-state index in [-0.39, 0.29) is 10.8 Å². The van der Waals surface area contributed by atoms with E-state index in [0.717, 1.165) is 46.7 Å². The first kappa shape index (κ1) is 29.7. The molecule has 5 rings (SSSR count). The normalized spacial score (nSPS) is 14.9. The quantitative estimate of drug-likeness (QED) is 0.197. The van der Waals surface area contributed by atoms with Crippen LogP contribution >= 0.6 is 0 Å². The highest BCUT2D eigenvalue weighted by Crippen LogP contribution is 2.37. The Morgan fingerprint density at radius 2 is 1.57 bits per heavy atom. The van der Waals surface area contributed by atoms with Gasteiger partial charge >= 0.3 is 0 Å². The molecule has 0 unspecified atom stereocenters. The standard InChI is InChI=1S/C33H34N2O5S2/c1-33(2,42(4,39)40)27-21-26-11-8-16-34-31(26)29(22-27)25-10-7-9-23(19-25)20-30(32(36)35-17-5-6-18-35)24-12-14-28(15-13-24)41(3,37)38/h7-16,19-22H,5-6,17-18H2,1-4H3. The zero-order chi connectivity index (χ0) is 30.3. The molecule has 1 aromatic heterocycles. The zero-order valence-electron chi connectivity index (χ0n) is 24.2. The highest BCUT2D eigenvalue weighted by molar-refractivity contribution is 7.91. The third-order valence-corrected chi connectivity index (χ3v) is 11.3.